The van der Waals surface area contributed by atoms with Gasteiger partial charge in [-0.1, -0.05) is 0 Å². The molecule has 0 saturated carbocycles. The standard InChI is InChI=1S/C13H10N4O3/c18-11-3-7-1-9(13(19)20)5-15-10(7)2-8-4-14-6-16-12(8)17-11/h1,4-6H,2-3H2,(H,19,20)(H,14,16,17,18). The molecule has 3 rings (SSSR count). The first-order valence-corrected chi connectivity index (χ1v) is 5.93. The lowest BCUT2D eigenvalue weighted by atomic mass is 10.0. The number of rotatable bonds is 1. The summed E-state index contributed by atoms with van der Waals surface area (Å²) in [5, 5.41) is 11.7. The number of anilines is 1. The van der Waals surface area contributed by atoms with Crippen LogP contribution in [0.1, 0.15) is 27.2 Å². The Bertz CT molecular complexity index is 715. The summed E-state index contributed by atoms with van der Waals surface area (Å²) in [6, 6.07) is 1.49. The Morgan fingerprint density at radius 2 is 2.05 bits per heavy atom. The van der Waals surface area contributed by atoms with Crippen LogP contribution < -0.4 is 5.32 Å². The first-order valence-electron chi connectivity index (χ1n) is 5.93. The monoisotopic (exact) mass is 270 g/mol. The number of aromatic carboxylic acids is 1. The van der Waals surface area contributed by atoms with E-state index in [1.807, 2.05) is 0 Å². The van der Waals surface area contributed by atoms with Crippen molar-refractivity contribution in [1.82, 2.24) is 15.0 Å². The number of fused-ring (bicyclic) bond motifs is 2. The third-order valence-electron chi connectivity index (χ3n) is 3.06. The number of carbonyl (C=O) groups excluding carboxylic acids is 1. The van der Waals surface area contributed by atoms with E-state index in [-0.39, 0.29) is 17.9 Å². The molecule has 1 aliphatic rings. The molecule has 0 aromatic carbocycles. The molecule has 0 saturated heterocycles. The first kappa shape index (κ1) is 12.2. The van der Waals surface area contributed by atoms with E-state index in [0.29, 0.717) is 23.5 Å². The zero-order valence-corrected chi connectivity index (χ0v) is 10.3. The second kappa shape index (κ2) is 4.69. The third kappa shape index (κ3) is 2.20. The van der Waals surface area contributed by atoms with Gasteiger partial charge < -0.3 is 10.4 Å². The van der Waals surface area contributed by atoms with Gasteiger partial charge in [0.1, 0.15) is 12.1 Å². The molecule has 20 heavy (non-hydrogen) atoms. The van der Waals surface area contributed by atoms with Gasteiger partial charge in [-0.2, -0.15) is 0 Å². The number of carboxylic acids is 1. The summed E-state index contributed by atoms with van der Waals surface area (Å²) in [6.45, 7) is 0. The molecule has 1 aliphatic heterocycles. The number of amides is 1. The SMILES string of the molecule is O=C1Cc2cc(C(=O)O)cnc2Cc2cncnc2N1. The summed E-state index contributed by atoms with van der Waals surface area (Å²) < 4.78 is 0. The number of nitrogens with zero attached hydrogens (tertiary/aromatic N) is 3. The van der Waals surface area contributed by atoms with Gasteiger partial charge in [0, 0.05) is 30.1 Å². The summed E-state index contributed by atoms with van der Waals surface area (Å²) in [5.74, 6) is -0.846. The van der Waals surface area contributed by atoms with Crippen LogP contribution in [-0.2, 0) is 17.6 Å². The Hall–Kier alpha value is -2.83. The second-order valence-electron chi connectivity index (χ2n) is 4.43. The van der Waals surface area contributed by atoms with Crippen molar-refractivity contribution in [3.8, 4) is 0 Å². The van der Waals surface area contributed by atoms with Crippen molar-refractivity contribution in [2.24, 2.45) is 0 Å². The van der Waals surface area contributed by atoms with Crippen LogP contribution in [-0.4, -0.2) is 31.9 Å². The summed E-state index contributed by atoms with van der Waals surface area (Å²) >= 11 is 0. The number of aromatic nitrogens is 3. The Labute approximate surface area is 113 Å². The molecular weight excluding hydrogens is 260 g/mol. The average molecular weight is 270 g/mol. The third-order valence-corrected chi connectivity index (χ3v) is 3.06. The Morgan fingerprint density at radius 1 is 1.20 bits per heavy atom. The molecule has 0 aliphatic carbocycles. The van der Waals surface area contributed by atoms with Crippen molar-refractivity contribution in [1.29, 1.82) is 0 Å². The van der Waals surface area contributed by atoms with Crippen molar-refractivity contribution in [2.45, 2.75) is 12.8 Å². The lowest BCUT2D eigenvalue weighted by Gasteiger charge is -2.15. The molecule has 0 radical (unpaired) electrons. The van der Waals surface area contributed by atoms with Crippen LogP contribution in [0.5, 0.6) is 0 Å². The number of nitrogens with one attached hydrogen (secondary N) is 1. The summed E-state index contributed by atoms with van der Waals surface area (Å²) in [5.41, 5.74) is 2.09. The van der Waals surface area contributed by atoms with E-state index in [4.69, 9.17) is 5.11 Å². The number of hydrogen-bond donors (Lipinski definition) is 2. The highest BCUT2D eigenvalue weighted by molar-refractivity contribution is 5.93. The highest BCUT2D eigenvalue weighted by Gasteiger charge is 2.19. The topological polar surface area (TPSA) is 105 Å². The maximum Gasteiger partial charge on any atom is 0.337 e. The Balaban J connectivity index is 2.09. The minimum atomic E-state index is -1.06. The maximum absolute atomic E-state index is 11.9. The molecule has 7 heteroatoms. The molecular formula is C13H10N4O3. The molecule has 1 amide bonds. The van der Waals surface area contributed by atoms with Crippen LogP contribution >= 0.6 is 0 Å². The van der Waals surface area contributed by atoms with Gasteiger partial charge in [-0.05, 0) is 11.6 Å². The Kier molecular flexibility index (Phi) is 2.86. The van der Waals surface area contributed by atoms with E-state index in [1.165, 1.54) is 18.6 Å². The summed E-state index contributed by atoms with van der Waals surface area (Å²) in [7, 11) is 0. The fourth-order valence-corrected chi connectivity index (χ4v) is 2.10. The minimum absolute atomic E-state index is 0.0710. The quantitative estimate of drug-likeness (QED) is 0.788. The Morgan fingerprint density at radius 3 is 2.85 bits per heavy atom. The lowest BCUT2D eigenvalue weighted by Crippen LogP contribution is -2.21. The van der Waals surface area contributed by atoms with Crippen molar-refractivity contribution in [2.75, 3.05) is 5.32 Å². The molecule has 0 bridgehead atoms. The number of pyridine rings is 1. The van der Waals surface area contributed by atoms with Gasteiger partial charge in [-0.15, -0.1) is 0 Å². The van der Waals surface area contributed by atoms with E-state index >= 15 is 0 Å². The highest BCUT2D eigenvalue weighted by Crippen LogP contribution is 2.21. The van der Waals surface area contributed by atoms with Gasteiger partial charge in [0.2, 0.25) is 5.91 Å². The molecule has 7 nitrogen and oxygen atoms in total. The summed E-state index contributed by atoms with van der Waals surface area (Å²) in [4.78, 5) is 35.0. The fourth-order valence-electron chi connectivity index (χ4n) is 2.10. The maximum atomic E-state index is 11.9. The van der Waals surface area contributed by atoms with Crippen LogP contribution in [0.25, 0.3) is 0 Å². The molecule has 0 atom stereocenters. The highest BCUT2D eigenvalue weighted by atomic mass is 16.4. The van der Waals surface area contributed by atoms with Gasteiger partial charge in [-0.3, -0.25) is 9.78 Å². The van der Waals surface area contributed by atoms with Gasteiger partial charge in [0.15, 0.2) is 0 Å². The summed E-state index contributed by atoms with van der Waals surface area (Å²) in [6.07, 6.45) is 4.80. The van der Waals surface area contributed by atoms with Gasteiger partial charge in [0.05, 0.1) is 12.0 Å². The van der Waals surface area contributed by atoms with E-state index in [1.54, 1.807) is 6.20 Å². The zero-order chi connectivity index (χ0) is 14.1. The molecule has 0 spiro atoms. The minimum Gasteiger partial charge on any atom is -0.478 e. The van der Waals surface area contributed by atoms with Crippen molar-refractivity contribution in [3.63, 3.8) is 0 Å². The van der Waals surface area contributed by atoms with Crippen LogP contribution in [0.3, 0.4) is 0 Å². The molecule has 2 aromatic rings. The average Bonchev–Trinajstić information content (AvgIpc) is 2.40. The van der Waals surface area contributed by atoms with Crippen LogP contribution in [0, 0.1) is 0 Å². The van der Waals surface area contributed by atoms with E-state index in [0.717, 1.165) is 5.56 Å². The van der Waals surface area contributed by atoms with Gasteiger partial charge in [0.25, 0.3) is 0 Å². The van der Waals surface area contributed by atoms with Gasteiger partial charge >= 0.3 is 5.97 Å². The first-order chi connectivity index (χ1) is 9.63. The molecule has 3 heterocycles. The lowest BCUT2D eigenvalue weighted by molar-refractivity contribution is -0.115. The van der Waals surface area contributed by atoms with Crippen molar-refractivity contribution >= 4 is 17.7 Å². The van der Waals surface area contributed by atoms with Crippen LogP contribution in [0.2, 0.25) is 0 Å². The van der Waals surface area contributed by atoms with Crippen molar-refractivity contribution in [3.05, 3.63) is 47.2 Å². The number of carboxylic acid groups (broad SMARTS) is 1. The number of carbonyl (C=O) groups is 2. The normalized spacial score (nSPS) is 13.5. The largest absolute Gasteiger partial charge is 0.478 e. The van der Waals surface area contributed by atoms with E-state index in [2.05, 4.69) is 20.3 Å². The van der Waals surface area contributed by atoms with E-state index < -0.39 is 5.97 Å². The molecule has 2 aromatic heterocycles. The van der Waals surface area contributed by atoms with E-state index in [9.17, 15) is 9.59 Å². The fraction of sp³-hybridized carbons (Fsp3) is 0.154. The van der Waals surface area contributed by atoms with Crippen molar-refractivity contribution < 1.29 is 14.7 Å². The second-order valence-corrected chi connectivity index (χ2v) is 4.43. The molecule has 2 N–H and O–H groups in total. The van der Waals surface area contributed by atoms with Gasteiger partial charge in [-0.25, -0.2) is 14.8 Å². The predicted octanol–water partition coefficient (Wildman–Crippen LogP) is 0.655. The van der Waals surface area contributed by atoms with Crippen LogP contribution in [0.4, 0.5) is 5.82 Å². The zero-order valence-electron chi connectivity index (χ0n) is 10.3. The van der Waals surface area contributed by atoms with Crippen LogP contribution in [0.15, 0.2) is 24.8 Å². The molecule has 0 fully saturated rings. The predicted molar refractivity (Wildman–Crippen MR) is 68.4 cm³/mol. The molecule has 100 valence electrons. The number of hydrogen-bond acceptors (Lipinski definition) is 5. The smallest absolute Gasteiger partial charge is 0.337 e. The molecule has 0 unspecified atom stereocenters.